The summed E-state index contributed by atoms with van der Waals surface area (Å²) in [6.45, 7) is 3.41. The molecule has 1 aromatic heterocycles. The highest BCUT2D eigenvalue weighted by molar-refractivity contribution is 7.91. The molecule has 1 heterocycles. The van der Waals surface area contributed by atoms with Crippen molar-refractivity contribution in [3.05, 3.63) is 17.5 Å². The molecule has 0 radical (unpaired) electrons. The fourth-order valence-electron chi connectivity index (χ4n) is 1.60. The fourth-order valence-corrected chi connectivity index (χ4v) is 3.76. The SMILES string of the molecule is CCC(CC)(CNS(=O)(=O)c1cccs1)C(=O)O. The van der Waals surface area contributed by atoms with Crippen LogP contribution in [-0.2, 0) is 14.8 Å². The number of hydrogen-bond donors (Lipinski definition) is 2. The van der Waals surface area contributed by atoms with E-state index >= 15 is 0 Å². The van der Waals surface area contributed by atoms with Crippen molar-refractivity contribution in [2.45, 2.75) is 30.9 Å². The first kappa shape index (κ1) is 15.1. The van der Waals surface area contributed by atoms with Gasteiger partial charge in [-0.25, -0.2) is 13.1 Å². The van der Waals surface area contributed by atoms with Crippen LogP contribution in [0.25, 0.3) is 0 Å². The molecule has 0 fully saturated rings. The maximum absolute atomic E-state index is 11.9. The summed E-state index contributed by atoms with van der Waals surface area (Å²) in [5.41, 5.74) is -1.04. The summed E-state index contributed by atoms with van der Waals surface area (Å²) in [7, 11) is -3.60. The van der Waals surface area contributed by atoms with Crippen LogP contribution in [0.4, 0.5) is 0 Å². The fraction of sp³-hybridized carbons (Fsp3) is 0.545. The minimum atomic E-state index is -3.60. The van der Waals surface area contributed by atoms with Gasteiger partial charge in [-0.1, -0.05) is 19.9 Å². The van der Waals surface area contributed by atoms with Crippen molar-refractivity contribution in [2.75, 3.05) is 6.54 Å². The highest BCUT2D eigenvalue weighted by Crippen LogP contribution is 2.26. The standard InChI is InChI=1S/C11H17NO4S2/c1-3-11(4-2,10(13)14)8-12-18(15,16)9-6-5-7-17-9/h5-7,12H,3-4,8H2,1-2H3,(H,13,14). The molecule has 0 amide bonds. The van der Waals surface area contributed by atoms with Crippen molar-refractivity contribution in [3.63, 3.8) is 0 Å². The maximum Gasteiger partial charge on any atom is 0.310 e. The van der Waals surface area contributed by atoms with E-state index in [0.717, 1.165) is 11.3 Å². The van der Waals surface area contributed by atoms with Crippen molar-refractivity contribution >= 4 is 27.3 Å². The van der Waals surface area contributed by atoms with E-state index in [9.17, 15) is 18.3 Å². The van der Waals surface area contributed by atoms with Gasteiger partial charge in [0.2, 0.25) is 10.0 Å². The summed E-state index contributed by atoms with van der Waals surface area (Å²) in [6.07, 6.45) is 0.761. The van der Waals surface area contributed by atoms with Gasteiger partial charge < -0.3 is 5.11 Å². The summed E-state index contributed by atoms with van der Waals surface area (Å²) in [5, 5.41) is 10.9. The molecule has 0 aliphatic carbocycles. The molecular formula is C11H17NO4S2. The predicted octanol–water partition coefficient (Wildman–Crippen LogP) is 1.92. The lowest BCUT2D eigenvalue weighted by Crippen LogP contribution is -2.42. The molecule has 1 rings (SSSR count). The molecule has 102 valence electrons. The average Bonchev–Trinajstić information content (AvgIpc) is 2.84. The van der Waals surface area contributed by atoms with Crippen LogP contribution in [-0.4, -0.2) is 26.0 Å². The quantitative estimate of drug-likeness (QED) is 0.804. The van der Waals surface area contributed by atoms with Gasteiger partial charge in [-0.05, 0) is 24.3 Å². The van der Waals surface area contributed by atoms with Gasteiger partial charge in [-0.3, -0.25) is 4.79 Å². The Kier molecular flexibility index (Phi) is 4.89. The van der Waals surface area contributed by atoms with Crippen LogP contribution in [0.3, 0.4) is 0 Å². The summed E-state index contributed by atoms with van der Waals surface area (Å²) in [4.78, 5) is 11.3. The summed E-state index contributed by atoms with van der Waals surface area (Å²) < 4.78 is 26.4. The van der Waals surface area contributed by atoms with Gasteiger partial charge in [0.1, 0.15) is 4.21 Å². The molecule has 0 bridgehead atoms. The van der Waals surface area contributed by atoms with Crippen molar-refractivity contribution < 1.29 is 18.3 Å². The molecule has 0 aromatic carbocycles. The van der Waals surface area contributed by atoms with E-state index in [1.54, 1.807) is 25.3 Å². The highest BCUT2D eigenvalue weighted by Gasteiger charge is 2.36. The first-order valence-corrected chi connectivity index (χ1v) is 8.01. The largest absolute Gasteiger partial charge is 0.481 e. The van der Waals surface area contributed by atoms with E-state index < -0.39 is 21.4 Å². The van der Waals surface area contributed by atoms with Crippen molar-refractivity contribution in [2.24, 2.45) is 5.41 Å². The molecular weight excluding hydrogens is 274 g/mol. The molecule has 0 saturated heterocycles. The molecule has 0 aliphatic heterocycles. The molecule has 1 aromatic rings. The zero-order valence-corrected chi connectivity index (χ0v) is 12.0. The number of sulfonamides is 1. The first-order valence-electron chi connectivity index (χ1n) is 5.64. The van der Waals surface area contributed by atoms with Crippen LogP contribution in [0.5, 0.6) is 0 Å². The Hall–Kier alpha value is -0.920. The summed E-state index contributed by atoms with van der Waals surface area (Å²) >= 11 is 1.11. The van der Waals surface area contributed by atoms with E-state index in [2.05, 4.69) is 4.72 Å². The third-order valence-electron chi connectivity index (χ3n) is 3.17. The van der Waals surface area contributed by atoms with Crippen molar-refractivity contribution in [1.29, 1.82) is 0 Å². The van der Waals surface area contributed by atoms with Crippen molar-refractivity contribution in [3.8, 4) is 0 Å². The summed E-state index contributed by atoms with van der Waals surface area (Å²) in [6, 6.07) is 3.14. The monoisotopic (exact) mass is 291 g/mol. The molecule has 0 spiro atoms. The van der Waals surface area contributed by atoms with Gasteiger partial charge in [0.25, 0.3) is 0 Å². The Balaban J connectivity index is 2.84. The lowest BCUT2D eigenvalue weighted by molar-refractivity contribution is -0.149. The Morgan fingerprint density at radius 3 is 2.44 bits per heavy atom. The van der Waals surface area contributed by atoms with E-state index in [4.69, 9.17) is 0 Å². The number of thiophene rings is 1. The highest BCUT2D eigenvalue weighted by atomic mass is 32.2. The predicted molar refractivity (Wildman–Crippen MR) is 70.2 cm³/mol. The minimum absolute atomic E-state index is 0.0877. The van der Waals surface area contributed by atoms with Crippen LogP contribution < -0.4 is 4.72 Å². The lowest BCUT2D eigenvalue weighted by atomic mass is 9.83. The maximum atomic E-state index is 11.9. The minimum Gasteiger partial charge on any atom is -0.481 e. The number of carboxylic acids is 1. The van der Waals surface area contributed by atoms with E-state index in [0.29, 0.717) is 12.8 Å². The lowest BCUT2D eigenvalue weighted by Gasteiger charge is -2.26. The normalized spacial score (nSPS) is 12.6. The van der Waals surface area contributed by atoms with Gasteiger partial charge in [0, 0.05) is 6.54 Å². The molecule has 18 heavy (non-hydrogen) atoms. The molecule has 5 nitrogen and oxygen atoms in total. The first-order chi connectivity index (χ1) is 8.38. The Morgan fingerprint density at radius 2 is 2.06 bits per heavy atom. The van der Waals surface area contributed by atoms with Gasteiger partial charge in [0.15, 0.2) is 0 Å². The van der Waals surface area contributed by atoms with Gasteiger partial charge >= 0.3 is 5.97 Å². The van der Waals surface area contributed by atoms with Crippen molar-refractivity contribution in [1.82, 2.24) is 4.72 Å². The molecule has 7 heteroatoms. The van der Waals surface area contributed by atoms with Gasteiger partial charge in [0.05, 0.1) is 5.41 Å². The van der Waals surface area contributed by atoms with E-state index in [1.807, 2.05) is 0 Å². The van der Waals surface area contributed by atoms with Crippen LogP contribution in [0.15, 0.2) is 21.7 Å². The van der Waals surface area contributed by atoms with Crippen LogP contribution in [0.1, 0.15) is 26.7 Å². The second-order valence-electron chi connectivity index (χ2n) is 4.05. The summed E-state index contributed by atoms with van der Waals surface area (Å²) in [5.74, 6) is -0.971. The Morgan fingerprint density at radius 1 is 1.44 bits per heavy atom. The number of carboxylic acid groups (broad SMARTS) is 1. The zero-order valence-electron chi connectivity index (χ0n) is 10.3. The van der Waals surface area contributed by atoms with Crippen LogP contribution in [0, 0.1) is 5.41 Å². The number of carbonyl (C=O) groups is 1. The van der Waals surface area contributed by atoms with Crippen LogP contribution in [0.2, 0.25) is 0 Å². The molecule has 2 N–H and O–H groups in total. The third-order valence-corrected chi connectivity index (χ3v) is 5.97. The van der Waals surface area contributed by atoms with Gasteiger partial charge in [-0.15, -0.1) is 11.3 Å². The van der Waals surface area contributed by atoms with Gasteiger partial charge in [-0.2, -0.15) is 0 Å². The number of aliphatic carboxylic acids is 1. The topological polar surface area (TPSA) is 83.5 Å². The number of hydrogen-bond acceptors (Lipinski definition) is 4. The molecule has 0 aliphatic rings. The molecule has 0 unspecified atom stereocenters. The third kappa shape index (κ3) is 3.09. The Bertz CT molecular complexity index is 489. The zero-order chi connectivity index (χ0) is 13.8. The molecule has 0 atom stereocenters. The number of nitrogens with one attached hydrogen (secondary N) is 1. The number of rotatable bonds is 7. The smallest absolute Gasteiger partial charge is 0.310 e. The molecule has 0 saturated carbocycles. The average molecular weight is 291 g/mol. The van der Waals surface area contributed by atoms with Crippen LogP contribution >= 0.6 is 11.3 Å². The van der Waals surface area contributed by atoms with E-state index in [1.165, 1.54) is 6.07 Å². The second kappa shape index (κ2) is 5.81. The Labute approximate surface area is 111 Å². The second-order valence-corrected chi connectivity index (χ2v) is 6.99. The van der Waals surface area contributed by atoms with E-state index in [-0.39, 0.29) is 10.8 Å².